The predicted octanol–water partition coefficient (Wildman–Crippen LogP) is 4.52. The van der Waals surface area contributed by atoms with Crippen molar-refractivity contribution < 1.29 is 28.2 Å². The fourth-order valence-electron chi connectivity index (χ4n) is 4.60. The number of nitrogens with zero attached hydrogens (tertiary/aromatic N) is 2. The fourth-order valence-corrected chi connectivity index (χ4v) is 5.53. The summed E-state index contributed by atoms with van der Waals surface area (Å²) < 4.78 is 21.8. The summed E-state index contributed by atoms with van der Waals surface area (Å²) in [6.45, 7) is 5.09. The molecule has 4 rings (SSSR count). The van der Waals surface area contributed by atoms with Gasteiger partial charge in [0, 0.05) is 37.7 Å². The Labute approximate surface area is 227 Å². The van der Waals surface area contributed by atoms with Crippen molar-refractivity contribution in [1.29, 1.82) is 0 Å². The number of ether oxygens (including phenoxy) is 3. The standard InChI is InChI=1S/C29H33N2O6S/c1-34-16-7-14-30(29(33)24-10-4-5-11-26(24)36-3)19-28(32)31-15-12-27-23(13-17-38-27)25(31)20-37-22-9-6-8-21(18-22)35-2/h4-6,8-11,13,17-18,25H,2,7,12,14-16,19-20H2,1,3H3/q+1. The third-order valence-corrected chi connectivity index (χ3v) is 7.52. The Kier molecular flexibility index (Phi) is 9.51. The normalized spacial score (nSPS) is 14.5. The second-order valence-electron chi connectivity index (χ2n) is 8.86. The van der Waals surface area contributed by atoms with Gasteiger partial charge >= 0.3 is 5.75 Å². The molecular formula is C29H33N2O6S+. The minimum absolute atomic E-state index is 0.0542. The summed E-state index contributed by atoms with van der Waals surface area (Å²) in [6.07, 6.45) is 1.38. The number of methoxy groups -OCH3 is 2. The van der Waals surface area contributed by atoms with Gasteiger partial charge in [-0.3, -0.25) is 9.59 Å². The number of thiophene rings is 1. The van der Waals surface area contributed by atoms with Gasteiger partial charge in [-0.2, -0.15) is 0 Å². The molecular weight excluding hydrogens is 504 g/mol. The monoisotopic (exact) mass is 537 g/mol. The van der Waals surface area contributed by atoms with Crippen LogP contribution in [0.3, 0.4) is 0 Å². The fraction of sp³-hybridized carbons (Fsp3) is 0.345. The Balaban J connectivity index is 1.54. The molecule has 0 fully saturated rings. The van der Waals surface area contributed by atoms with Crippen LogP contribution in [-0.2, 0) is 20.4 Å². The van der Waals surface area contributed by atoms with Gasteiger partial charge in [0.05, 0.1) is 24.8 Å². The highest BCUT2D eigenvalue weighted by molar-refractivity contribution is 7.10. The summed E-state index contributed by atoms with van der Waals surface area (Å²) in [5.41, 5.74) is 1.51. The van der Waals surface area contributed by atoms with Crippen molar-refractivity contribution in [2.45, 2.75) is 18.9 Å². The van der Waals surface area contributed by atoms with E-state index in [1.807, 2.05) is 28.5 Å². The maximum absolute atomic E-state index is 13.8. The number of benzene rings is 2. The number of fused-ring (bicyclic) bond motifs is 1. The van der Waals surface area contributed by atoms with Crippen LogP contribution in [-0.4, -0.2) is 75.5 Å². The number of amides is 2. The van der Waals surface area contributed by atoms with Gasteiger partial charge in [0.15, 0.2) is 0 Å². The van der Waals surface area contributed by atoms with Gasteiger partial charge in [0.25, 0.3) is 12.7 Å². The lowest BCUT2D eigenvalue weighted by Crippen LogP contribution is -2.48. The molecule has 0 aliphatic carbocycles. The van der Waals surface area contributed by atoms with E-state index in [4.69, 9.17) is 18.6 Å². The van der Waals surface area contributed by atoms with Crippen molar-refractivity contribution in [2.24, 2.45) is 0 Å². The molecule has 1 atom stereocenters. The van der Waals surface area contributed by atoms with Crippen LogP contribution in [0.1, 0.15) is 33.3 Å². The molecule has 1 unspecified atom stereocenters. The van der Waals surface area contributed by atoms with E-state index >= 15 is 0 Å². The van der Waals surface area contributed by atoms with Gasteiger partial charge < -0.3 is 24.0 Å². The van der Waals surface area contributed by atoms with Crippen LogP contribution in [0.15, 0.2) is 60.0 Å². The number of carbonyl (C=O) groups is 2. The maximum Gasteiger partial charge on any atom is 0.355 e. The lowest BCUT2D eigenvalue weighted by Gasteiger charge is -2.37. The zero-order chi connectivity index (χ0) is 26.9. The lowest BCUT2D eigenvalue weighted by molar-refractivity contribution is -0.354. The highest BCUT2D eigenvalue weighted by Gasteiger charge is 2.34. The highest BCUT2D eigenvalue weighted by atomic mass is 32.1. The van der Waals surface area contributed by atoms with Crippen molar-refractivity contribution >= 4 is 29.9 Å². The van der Waals surface area contributed by atoms with E-state index in [0.29, 0.717) is 48.9 Å². The van der Waals surface area contributed by atoms with Crippen molar-refractivity contribution in [2.75, 3.05) is 47.1 Å². The van der Waals surface area contributed by atoms with Gasteiger partial charge in [-0.1, -0.05) is 12.1 Å². The van der Waals surface area contributed by atoms with E-state index < -0.39 is 0 Å². The zero-order valence-electron chi connectivity index (χ0n) is 21.8. The predicted molar refractivity (Wildman–Crippen MR) is 146 cm³/mol. The number of hydrogen-bond acceptors (Lipinski definition) is 6. The molecule has 8 nitrogen and oxygen atoms in total. The van der Waals surface area contributed by atoms with E-state index in [1.54, 1.807) is 53.7 Å². The van der Waals surface area contributed by atoms with Crippen LogP contribution >= 0.6 is 11.3 Å². The van der Waals surface area contributed by atoms with Gasteiger partial charge in [-0.05, 0) is 54.1 Å². The summed E-state index contributed by atoms with van der Waals surface area (Å²) in [6, 6.07) is 16.1. The van der Waals surface area contributed by atoms with E-state index in [0.717, 1.165) is 12.0 Å². The van der Waals surface area contributed by atoms with Crippen molar-refractivity contribution in [1.82, 2.24) is 9.80 Å². The third-order valence-electron chi connectivity index (χ3n) is 6.52. The Bertz CT molecular complexity index is 1260. The van der Waals surface area contributed by atoms with E-state index in [2.05, 4.69) is 12.9 Å². The summed E-state index contributed by atoms with van der Waals surface area (Å²) in [4.78, 5) is 32.0. The molecule has 2 amide bonds. The summed E-state index contributed by atoms with van der Waals surface area (Å²) in [5, 5.41) is 2.05. The highest BCUT2D eigenvalue weighted by Crippen LogP contribution is 2.34. The summed E-state index contributed by atoms with van der Waals surface area (Å²) >= 11 is 1.69. The molecule has 9 heteroatoms. The Morgan fingerprint density at radius 2 is 2.00 bits per heavy atom. The first-order valence-electron chi connectivity index (χ1n) is 12.5. The molecule has 1 aliphatic heterocycles. The molecule has 0 bridgehead atoms. The zero-order valence-corrected chi connectivity index (χ0v) is 22.6. The third kappa shape index (κ3) is 6.41. The minimum Gasteiger partial charge on any atom is -0.496 e. The SMILES string of the molecule is C=[O+]c1cccc(OCC2c3ccsc3CCN2C(=O)CN(CCCOC)C(=O)c2ccccc2OC)c1. The van der Waals surface area contributed by atoms with E-state index in [-0.39, 0.29) is 31.0 Å². The van der Waals surface area contributed by atoms with Gasteiger partial charge in [-0.25, -0.2) is 4.42 Å². The van der Waals surface area contributed by atoms with Crippen molar-refractivity contribution in [3.05, 3.63) is 76.0 Å². The van der Waals surface area contributed by atoms with Crippen LogP contribution in [0.25, 0.3) is 0 Å². The Morgan fingerprint density at radius 3 is 2.79 bits per heavy atom. The van der Waals surface area contributed by atoms with Crippen LogP contribution in [0.5, 0.6) is 17.2 Å². The number of hydrogen-bond donors (Lipinski definition) is 0. The molecule has 1 aromatic heterocycles. The minimum atomic E-state index is -0.274. The van der Waals surface area contributed by atoms with Gasteiger partial charge in [-0.15, -0.1) is 11.3 Å². The first kappa shape index (κ1) is 27.3. The quantitative estimate of drug-likeness (QED) is 0.251. The second kappa shape index (κ2) is 13.2. The van der Waals surface area contributed by atoms with Crippen LogP contribution in [0.4, 0.5) is 0 Å². The Morgan fingerprint density at radius 1 is 1.16 bits per heavy atom. The summed E-state index contributed by atoms with van der Waals surface area (Å²) in [7, 11) is 3.15. The average molecular weight is 538 g/mol. The lowest BCUT2D eigenvalue weighted by atomic mass is 10.00. The second-order valence-corrected chi connectivity index (χ2v) is 9.86. The van der Waals surface area contributed by atoms with Crippen LogP contribution in [0.2, 0.25) is 0 Å². The van der Waals surface area contributed by atoms with Crippen LogP contribution in [0, 0.1) is 0 Å². The van der Waals surface area contributed by atoms with Gasteiger partial charge in [0.1, 0.15) is 24.7 Å². The molecule has 1 aliphatic rings. The molecule has 200 valence electrons. The largest absolute Gasteiger partial charge is 0.496 e. The summed E-state index contributed by atoms with van der Waals surface area (Å²) in [5.74, 6) is 1.32. The molecule has 0 saturated carbocycles. The maximum atomic E-state index is 13.8. The number of rotatable bonds is 12. The first-order chi connectivity index (χ1) is 18.5. The molecule has 0 radical (unpaired) electrons. The number of para-hydroxylation sites is 1. The van der Waals surface area contributed by atoms with Crippen molar-refractivity contribution in [3.8, 4) is 17.2 Å². The molecule has 2 aromatic carbocycles. The first-order valence-corrected chi connectivity index (χ1v) is 13.4. The molecule has 3 aromatic rings. The average Bonchev–Trinajstić information content (AvgIpc) is 3.44. The smallest absolute Gasteiger partial charge is 0.355 e. The topological polar surface area (TPSA) is 79.6 Å². The van der Waals surface area contributed by atoms with Crippen LogP contribution < -0.4 is 9.47 Å². The molecule has 0 spiro atoms. The molecule has 0 saturated heterocycles. The molecule has 2 heterocycles. The van der Waals surface area contributed by atoms with E-state index in [1.165, 1.54) is 12.0 Å². The molecule has 0 N–H and O–H groups in total. The van der Waals surface area contributed by atoms with E-state index in [9.17, 15) is 9.59 Å². The van der Waals surface area contributed by atoms with Gasteiger partial charge in [0.2, 0.25) is 5.91 Å². The Hall–Kier alpha value is -3.69. The van der Waals surface area contributed by atoms with Crippen molar-refractivity contribution in [3.63, 3.8) is 0 Å². The number of carbonyl (C=O) groups excluding carboxylic acids is 3. The molecule has 38 heavy (non-hydrogen) atoms.